The van der Waals surface area contributed by atoms with E-state index in [1.807, 2.05) is 32.0 Å². The number of hydrogen-bond acceptors (Lipinski definition) is 4. The molecule has 1 aliphatic rings. The van der Waals surface area contributed by atoms with Crippen LogP contribution < -0.4 is 20.7 Å². The van der Waals surface area contributed by atoms with Crippen molar-refractivity contribution in [2.75, 3.05) is 21.2 Å². The highest BCUT2D eigenvalue weighted by atomic mass is 79.9. The number of dihydropyridines is 1. The Labute approximate surface area is 155 Å². The third-order valence-electron chi connectivity index (χ3n) is 4.21. The molecular weight excluding hydrogens is 386 g/mol. The van der Waals surface area contributed by atoms with Crippen molar-refractivity contribution in [3.05, 3.63) is 50.8 Å². The Balaban J connectivity index is 2.77. The number of halogens is 1. The molecule has 2 rings (SSSR count). The number of hydrogen-bond donors (Lipinski definition) is 3. The zero-order chi connectivity index (χ0) is 18.7. The number of benzene rings is 1. The Morgan fingerprint density at radius 2 is 1.60 bits per heavy atom. The van der Waals surface area contributed by atoms with Crippen LogP contribution in [0.1, 0.15) is 25.3 Å². The molecule has 1 aromatic carbocycles. The van der Waals surface area contributed by atoms with Crippen LogP contribution in [0.5, 0.6) is 5.75 Å². The van der Waals surface area contributed by atoms with Gasteiger partial charge in [-0.25, -0.2) is 0 Å². The van der Waals surface area contributed by atoms with Gasteiger partial charge < -0.3 is 20.7 Å². The van der Waals surface area contributed by atoms with Crippen molar-refractivity contribution in [2.45, 2.75) is 19.8 Å². The van der Waals surface area contributed by atoms with Gasteiger partial charge in [0.15, 0.2) is 0 Å². The molecule has 0 aromatic heterocycles. The number of carbonyl (C=O) groups excluding carboxylic acids is 2. The lowest BCUT2D eigenvalue weighted by Crippen LogP contribution is -2.37. The highest BCUT2D eigenvalue weighted by Gasteiger charge is 2.37. The summed E-state index contributed by atoms with van der Waals surface area (Å²) in [5.74, 6) is -0.420. The maximum absolute atomic E-state index is 12.6. The number of likely N-dealkylation sites (N-methyl/N-ethyl adjacent to an activating group) is 2. The molecule has 25 heavy (non-hydrogen) atoms. The molecule has 1 aromatic rings. The van der Waals surface area contributed by atoms with Gasteiger partial charge in [-0.1, -0.05) is 22.0 Å². The van der Waals surface area contributed by atoms with Gasteiger partial charge >= 0.3 is 0 Å². The second kappa shape index (κ2) is 7.74. The van der Waals surface area contributed by atoms with Crippen molar-refractivity contribution in [1.82, 2.24) is 16.0 Å². The first-order valence-electron chi connectivity index (χ1n) is 7.81. The molecule has 1 aliphatic heterocycles. The number of methoxy groups -OCH3 is 1. The Morgan fingerprint density at radius 3 is 2.04 bits per heavy atom. The predicted octanol–water partition coefficient (Wildman–Crippen LogP) is 2.18. The Morgan fingerprint density at radius 1 is 1.08 bits per heavy atom. The number of ether oxygens (including phenoxy) is 1. The minimum absolute atomic E-state index is 0.242. The van der Waals surface area contributed by atoms with E-state index in [9.17, 15) is 9.59 Å². The minimum atomic E-state index is -0.538. The summed E-state index contributed by atoms with van der Waals surface area (Å²) in [5, 5.41) is 8.48. The fourth-order valence-corrected chi connectivity index (χ4v) is 3.44. The number of rotatable bonds is 4. The van der Waals surface area contributed by atoms with Crippen LogP contribution >= 0.6 is 15.9 Å². The standard InChI is InChI=1S/C18H22BrN3O3/c1-9-14(17(23)20-3)16(15(10(2)22-9)18(24)21-4)12-7-6-11(19)8-13(12)25-5/h6-8,16,22H,1-5H3,(H,20,23)(H,21,24). The molecule has 0 saturated carbocycles. The van der Waals surface area contributed by atoms with Crippen LogP contribution in [0, 0.1) is 0 Å². The van der Waals surface area contributed by atoms with Crippen LogP contribution in [0.25, 0.3) is 0 Å². The Bertz CT molecular complexity index is 746. The number of allylic oxidation sites excluding steroid dienone is 2. The molecule has 2 amide bonds. The summed E-state index contributed by atoms with van der Waals surface area (Å²) in [6.07, 6.45) is 0. The summed E-state index contributed by atoms with van der Waals surface area (Å²) in [5.41, 5.74) is 3.15. The topological polar surface area (TPSA) is 79.5 Å². The first-order valence-corrected chi connectivity index (χ1v) is 8.61. The van der Waals surface area contributed by atoms with E-state index in [1.54, 1.807) is 21.2 Å². The molecule has 3 N–H and O–H groups in total. The molecule has 0 aliphatic carbocycles. The maximum Gasteiger partial charge on any atom is 0.249 e. The molecule has 0 bridgehead atoms. The SMILES string of the molecule is CNC(=O)C1=C(C)NC(C)=C(C(=O)NC)C1c1ccc(Br)cc1OC. The molecule has 0 fully saturated rings. The van der Waals surface area contributed by atoms with Gasteiger partial charge in [-0.15, -0.1) is 0 Å². The Kier molecular flexibility index (Phi) is 5.89. The van der Waals surface area contributed by atoms with Crippen LogP contribution in [0.2, 0.25) is 0 Å². The summed E-state index contributed by atoms with van der Waals surface area (Å²) in [6.45, 7) is 3.65. The molecule has 0 atom stereocenters. The maximum atomic E-state index is 12.6. The van der Waals surface area contributed by atoms with E-state index >= 15 is 0 Å². The largest absolute Gasteiger partial charge is 0.496 e. The highest BCUT2D eigenvalue weighted by Crippen LogP contribution is 2.42. The molecule has 0 unspecified atom stereocenters. The molecule has 0 radical (unpaired) electrons. The van der Waals surface area contributed by atoms with Crippen LogP contribution in [-0.2, 0) is 9.59 Å². The van der Waals surface area contributed by atoms with Crippen molar-refractivity contribution in [3.8, 4) is 5.75 Å². The summed E-state index contributed by atoms with van der Waals surface area (Å²) in [7, 11) is 4.71. The van der Waals surface area contributed by atoms with Gasteiger partial charge in [0.25, 0.3) is 0 Å². The molecular formula is C18H22BrN3O3. The quantitative estimate of drug-likeness (QED) is 0.714. The average Bonchev–Trinajstić information content (AvgIpc) is 2.59. The van der Waals surface area contributed by atoms with Crippen molar-refractivity contribution in [3.63, 3.8) is 0 Å². The fraction of sp³-hybridized carbons (Fsp3) is 0.333. The Hall–Kier alpha value is -2.28. The first kappa shape index (κ1) is 19.1. The summed E-state index contributed by atoms with van der Waals surface area (Å²) in [6, 6.07) is 5.56. The lowest BCUT2D eigenvalue weighted by molar-refractivity contribution is -0.117. The van der Waals surface area contributed by atoms with Gasteiger partial charge in [-0.05, 0) is 26.0 Å². The smallest absolute Gasteiger partial charge is 0.249 e. The number of amides is 2. The van der Waals surface area contributed by atoms with Gasteiger partial charge in [0, 0.05) is 46.7 Å². The molecule has 0 saturated heterocycles. The minimum Gasteiger partial charge on any atom is -0.496 e. The van der Waals surface area contributed by atoms with Crippen LogP contribution in [0.3, 0.4) is 0 Å². The van der Waals surface area contributed by atoms with E-state index in [-0.39, 0.29) is 11.8 Å². The zero-order valence-electron chi connectivity index (χ0n) is 14.9. The molecule has 1 heterocycles. The van der Waals surface area contributed by atoms with Crippen LogP contribution in [-0.4, -0.2) is 33.0 Å². The van der Waals surface area contributed by atoms with Crippen molar-refractivity contribution < 1.29 is 14.3 Å². The highest BCUT2D eigenvalue weighted by molar-refractivity contribution is 9.10. The van der Waals surface area contributed by atoms with Crippen molar-refractivity contribution in [2.24, 2.45) is 0 Å². The van der Waals surface area contributed by atoms with E-state index in [2.05, 4.69) is 31.9 Å². The van der Waals surface area contributed by atoms with E-state index in [4.69, 9.17) is 4.74 Å². The van der Waals surface area contributed by atoms with Gasteiger partial charge in [-0.2, -0.15) is 0 Å². The normalized spacial score (nSPS) is 15.0. The van der Waals surface area contributed by atoms with E-state index in [1.165, 1.54) is 0 Å². The van der Waals surface area contributed by atoms with E-state index in [0.717, 1.165) is 10.0 Å². The van der Waals surface area contributed by atoms with Crippen LogP contribution in [0.4, 0.5) is 0 Å². The van der Waals surface area contributed by atoms with Crippen molar-refractivity contribution in [1.29, 1.82) is 0 Å². The fourth-order valence-electron chi connectivity index (χ4n) is 3.10. The molecule has 0 spiro atoms. The van der Waals surface area contributed by atoms with Gasteiger partial charge in [-0.3, -0.25) is 9.59 Å². The van der Waals surface area contributed by atoms with E-state index < -0.39 is 5.92 Å². The molecule has 6 nitrogen and oxygen atoms in total. The number of nitrogens with one attached hydrogen (secondary N) is 3. The predicted molar refractivity (Wildman–Crippen MR) is 100 cm³/mol. The lowest BCUT2D eigenvalue weighted by Gasteiger charge is -2.31. The van der Waals surface area contributed by atoms with E-state index in [0.29, 0.717) is 28.3 Å². The third kappa shape index (κ3) is 3.56. The summed E-state index contributed by atoms with van der Waals surface area (Å²) < 4.78 is 6.37. The zero-order valence-corrected chi connectivity index (χ0v) is 16.5. The second-order valence-corrected chi connectivity index (χ2v) is 6.60. The lowest BCUT2D eigenvalue weighted by atomic mass is 9.79. The van der Waals surface area contributed by atoms with Gasteiger partial charge in [0.1, 0.15) is 5.75 Å². The summed E-state index contributed by atoms with van der Waals surface area (Å²) >= 11 is 3.43. The van der Waals surface area contributed by atoms with Crippen molar-refractivity contribution >= 4 is 27.7 Å². The second-order valence-electron chi connectivity index (χ2n) is 5.68. The first-order chi connectivity index (χ1) is 11.8. The summed E-state index contributed by atoms with van der Waals surface area (Å²) in [4.78, 5) is 25.2. The van der Waals surface area contributed by atoms with Gasteiger partial charge in [0.2, 0.25) is 11.8 Å². The average molecular weight is 408 g/mol. The van der Waals surface area contributed by atoms with Crippen LogP contribution in [0.15, 0.2) is 45.2 Å². The number of carbonyl (C=O) groups is 2. The molecule has 7 heteroatoms. The monoisotopic (exact) mass is 407 g/mol. The van der Waals surface area contributed by atoms with Gasteiger partial charge in [0.05, 0.1) is 13.0 Å². The molecule has 134 valence electrons. The third-order valence-corrected chi connectivity index (χ3v) is 4.70.